The Bertz CT molecular complexity index is 1150. The lowest BCUT2D eigenvalue weighted by Gasteiger charge is -2.07. The van der Waals surface area contributed by atoms with Crippen molar-refractivity contribution in [2.45, 2.75) is 38.4 Å². The molecule has 0 saturated heterocycles. The van der Waals surface area contributed by atoms with Gasteiger partial charge >= 0.3 is 0 Å². The van der Waals surface area contributed by atoms with Crippen molar-refractivity contribution in [2.75, 3.05) is 11.1 Å². The van der Waals surface area contributed by atoms with E-state index in [1.807, 2.05) is 48.9 Å². The minimum absolute atomic E-state index is 0.197. The number of anilines is 1. The molecule has 9 heteroatoms. The van der Waals surface area contributed by atoms with E-state index in [1.165, 1.54) is 17.3 Å². The topological polar surface area (TPSA) is 84.2 Å². The molecule has 3 aromatic rings. The third-order valence-corrected chi connectivity index (χ3v) is 6.56. The molecule has 1 aromatic heterocycles. The Hall–Kier alpha value is -2.91. The van der Waals surface area contributed by atoms with Crippen LogP contribution in [-0.2, 0) is 18.4 Å². The highest BCUT2D eigenvalue weighted by molar-refractivity contribution is 9.10. The van der Waals surface area contributed by atoms with E-state index in [9.17, 15) is 4.79 Å². The molecule has 0 bridgehead atoms. The van der Waals surface area contributed by atoms with Gasteiger partial charge in [-0.05, 0) is 53.8 Å². The van der Waals surface area contributed by atoms with Crippen LogP contribution in [0.1, 0.15) is 43.6 Å². The van der Waals surface area contributed by atoms with E-state index in [0.717, 1.165) is 27.1 Å². The smallest absolute Gasteiger partial charge is 0.250 e. The summed E-state index contributed by atoms with van der Waals surface area (Å²) in [7, 11) is 1.89. The Balaban J connectivity index is 1.44. The van der Waals surface area contributed by atoms with Crippen molar-refractivity contribution < 1.29 is 4.79 Å². The predicted octanol–water partition coefficient (Wildman–Crippen LogP) is 5.61. The van der Waals surface area contributed by atoms with Crippen molar-refractivity contribution in [3.05, 3.63) is 75.5 Å². The van der Waals surface area contributed by atoms with E-state index < -0.39 is 0 Å². The van der Waals surface area contributed by atoms with Gasteiger partial charge in [0.25, 0.3) is 5.91 Å². The van der Waals surface area contributed by atoms with Crippen molar-refractivity contribution in [1.82, 2.24) is 20.2 Å². The number of carbonyl (C=O) groups excluding carboxylic acids is 1. The van der Waals surface area contributed by atoms with Gasteiger partial charge in [-0.25, -0.2) is 5.43 Å². The van der Waals surface area contributed by atoms with Gasteiger partial charge in [0, 0.05) is 17.2 Å². The Morgan fingerprint density at radius 1 is 1.15 bits per heavy atom. The van der Waals surface area contributed by atoms with Gasteiger partial charge in [-0.3, -0.25) is 4.79 Å². The van der Waals surface area contributed by atoms with Crippen molar-refractivity contribution in [3.8, 4) is 0 Å². The average Bonchev–Trinajstić information content (AvgIpc) is 3.17. The van der Waals surface area contributed by atoms with Crippen LogP contribution in [0.4, 0.5) is 5.69 Å². The number of hydrazone groups is 1. The second-order valence-corrected chi connectivity index (χ2v) is 9.97. The molecule has 0 aliphatic carbocycles. The summed E-state index contributed by atoms with van der Waals surface area (Å²) in [6, 6.07) is 16.4. The van der Waals surface area contributed by atoms with E-state index in [1.54, 1.807) is 6.21 Å². The van der Waals surface area contributed by atoms with E-state index >= 15 is 0 Å². The van der Waals surface area contributed by atoms with Crippen LogP contribution in [0.5, 0.6) is 0 Å². The van der Waals surface area contributed by atoms with E-state index in [0.29, 0.717) is 17.6 Å². The molecule has 0 saturated carbocycles. The first-order valence-corrected chi connectivity index (χ1v) is 12.7. The highest BCUT2D eigenvalue weighted by Gasteiger charge is 2.11. The van der Waals surface area contributed by atoms with Crippen LogP contribution < -0.4 is 10.7 Å². The zero-order chi connectivity index (χ0) is 24.5. The molecular weight excluding hydrogens is 512 g/mol. The second kappa shape index (κ2) is 12.5. The lowest BCUT2D eigenvalue weighted by atomic mass is 10.0. The normalized spacial score (nSPS) is 11.9. The fraction of sp³-hybridized carbons (Fsp3) is 0.280. The predicted molar refractivity (Wildman–Crippen MR) is 144 cm³/mol. The lowest BCUT2D eigenvalue weighted by molar-refractivity contribution is -0.118. The van der Waals surface area contributed by atoms with Crippen LogP contribution in [0.25, 0.3) is 6.08 Å². The maximum atomic E-state index is 12.2. The van der Waals surface area contributed by atoms with Crippen molar-refractivity contribution >= 4 is 51.6 Å². The number of hydrogen-bond donors (Lipinski definition) is 2. The number of amides is 1. The number of halogens is 1. The summed E-state index contributed by atoms with van der Waals surface area (Å²) >= 11 is 4.75. The third-order valence-electron chi connectivity index (χ3n) is 5.01. The van der Waals surface area contributed by atoms with Gasteiger partial charge < -0.3 is 9.88 Å². The van der Waals surface area contributed by atoms with Gasteiger partial charge in [0.15, 0.2) is 11.0 Å². The standard InChI is InChI=1S/C25H29BrN6OS/c1-17(2)20-7-5-19(6-8-20)13-18(3)14-28-30-24(33)16-34-25-31-29-23(32(25)4)15-27-22-11-9-21(26)10-12-22/h5-14,17,27H,15-16H2,1-4H3,(H,30,33)/b18-13-,28-14?. The average molecular weight is 542 g/mol. The van der Waals surface area contributed by atoms with Crippen molar-refractivity contribution in [2.24, 2.45) is 12.1 Å². The monoisotopic (exact) mass is 540 g/mol. The molecule has 2 N–H and O–H groups in total. The van der Waals surface area contributed by atoms with Crippen LogP contribution in [0.3, 0.4) is 0 Å². The number of thioether (sulfide) groups is 1. The van der Waals surface area contributed by atoms with Gasteiger partial charge in [0.2, 0.25) is 0 Å². The Kier molecular flexibility index (Phi) is 9.47. The van der Waals surface area contributed by atoms with Crippen molar-refractivity contribution in [1.29, 1.82) is 0 Å². The number of rotatable bonds is 10. The first-order valence-electron chi connectivity index (χ1n) is 10.9. The molecule has 0 unspecified atom stereocenters. The van der Waals surface area contributed by atoms with Crippen LogP contribution >= 0.6 is 27.7 Å². The zero-order valence-electron chi connectivity index (χ0n) is 19.7. The molecule has 3 rings (SSSR count). The summed E-state index contributed by atoms with van der Waals surface area (Å²) in [6.07, 6.45) is 3.67. The minimum Gasteiger partial charge on any atom is -0.378 e. The molecule has 2 aromatic carbocycles. The number of carbonyl (C=O) groups is 1. The quantitative estimate of drug-likeness (QED) is 0.198. The summed E-state index contributed by atoms with van der Waals surface area (Å²) in [5.41, 5.74) is 6.92. The molecule has 0 spiro atoms. The summed E-state index contributed by atoms with van der Waals surface area (Å²) in [5, 5.41) is 16.5. The number of benzene rings is 2. The molecule has 7 nitrogen and oxygen atoms in total. The van der Waals surface area contributed by atoms with E-state index in [-0.39, 0.29) is 11.7 Å². The van der Waals surface area contributed by atoms with Crippen LogP contribution in [0.15, 0.2) is 68.8 Å². The SMILES string of the molecule is C/C(C=NNC(=O)CSc1nnc(CNc2ccc(Br)cc2)n1C)=C/c1ccc(C(C)C)cc1. The molecule has 0 radical (unpaired) electrons. The maximum Gasteiger partial charge on any atom is 0.250 e. The van der Waals surface area contributed by atoms with Crippen LogP contribution in [0, 0.1) is 0 Å². The largest absolute Gasteiger partial charge is 0.378 e. The molecule has 0 atom stereocenters. The molecular formula is C25H29BrN6OS. The Labute approximate surface area is 213 Å². The zero-order valence-corrected chi connectivity index (χ0v) is 22.2. The first kappa shape index (κ1) is 25.7. The van der Waals surface area contributed by atoms with Gasteiger partial charge in [0.1, 0.15) is 0 Å². The summed E-state index contributed by atoms with van der Waals surface area (Å²) in [4.78, 5) is 12.2. The highest BCUT2D eigenvalue weighted by Crippen LogP contribution is 2.18. The van der Waals surface area contributed by atoms with Crippen molar-refractivity contribution in [3.63, 3.8) is 0 Å². The van der Waals surface area contributed by atoms with Gasteiger partial charge in [-0.1, -0.05) is 71.9 Å². The third kappa shape index (κ3) is 7.85. The number of hydrogen-bond acceptors (Lipinski definition) is 6. The second-order valence-electron chi connectivity index (χ2n) is 8.11. The fourth-order valence-corrected chi connectivity index (χ4v) is 4.01. The molecule has 1 amide bonds. The van der Waals surface area contributed by atoms with Gasteiger partial charge in [0.05, 0.1) is 18.5 Å². The number of aromatic nitrogens is 3. The molecule has 0 aliphatic rings. The first-order chi connectivity index (χ1) is 16.3. The number of nitrogens with one attached hydrogen (secondary N) is 2. The maximum absolute atomic E-state index is 12.2. The fourth-order valence-electron chi connectivity index (χ4n) is 3.02. The molecule has 178 valence electrons. The molecule has 34 heavy (non-hydrogen) atoms. The molecule has 0 aliphatic heterocycles. The Morgan fingerprint density at radius 2 is 1.85 bits per heavy atom. The molecule has 0 fully saturated rings. The van der Waals surface area contributed by atoms with Gasteiger partial charge in [-0.2, -0.15) is 5.10 Å². The van der Waals surface area contributed by atoms with Crippen LogP contribution in [0.2, 0.25) is 0 Å². The highest BCUT2D eigenvalue weighted by atomic mass is 79.9. The number of allylic oxidation sites excluding steroid dienone is 1. The van der Waals surface area contributed by atoms with E-state index in [4.69, 9.17) is 0 Å². The summed E-state index contributed by atoms with van der Waals surface area (Å²) < 4.78 is 2.91. The molecule has 1 heterocycles. The lowest BCUT2D eigenvalue weighted by Crippen LogP contribution is -2.20. The minimum atomic E-state index is -0.201. The number of nitrogens with zero attached hydrogens (tertiary/aromatic N) is 4. The van der Waals surface area contributed by atoms with E-state index in [2.05, 4.69) is 80.1 Å². The van der Waals surface area contributed by atoms with Crippen LogP contribution in [-0.4, -0.2) is 32.6 Å². The Morgan fingerprint density at radius 3 is 2.53 bits per heavy atom. The summed E-state index contributed by atoms with van der Waals surface area (Å²) in [6.45, 7) is 6.84. The van der Waals surface area contributed by atoms with Gasteiger partial charge in [-0.15, -0.1) is 10.2 Å². The summed E-state index contributed by atoms with van der Waals surface area (Å²) in [5.74, 6) is 1.29.